The fourth-order valence-corrected chi connectivity index (χ4v) is 3.21. The topological polar surface area (TPSA) is 62.7 Å². The van der Waals surface area contributed by atoms with E-state index < -0.39 is 0 Å². The van der Waals surface area contributed by atoms with Crippen LogP contribution in [0.15, 0.2) is 4.99 Å². The van der Waals surface area contributed by atoms with Crippen LogP contribution in [0.4, 0.5) is 0 Å². The molecule has 124 valence electrons. The van der Waals surface area contributed by atoms with Crippen molar-refractivity contribution < 1.29 is 9.53 Å². The van der Waals surface area contributed by atoms with Gasteiger partial charge in [0.25, 0.3) is 0 Å². The number of guanidine groups is 1. The fourth-order valence-electron chi connectivity index (χ4n) is 2.03. The zero-order chi connectivity index (χ0) is 14.6. The summed E-state index contributed by atoms with van der Waals surface area (Å²) in [6, 6.07) is 0. The van der Waals surface area contributed by atoms with Crippen molar-refractivity contribution in [3.05, 3.63) is 0 Å². The van der Waals surface area contributed by atoms with Gasteiger partial charge in [0.15, 0.2) is 5.96 Å². The first kappa shape index (κ1) is 20.8. The quantitative estimate of drug-likeness (QED) is 0.204. The van der Waals surface area contributed by atoms with Crippen LogP contribution in [-0.2, 0) is 9.53 Å². The fraction of sp³-hybridized carbons (Fsp3) is 0.857. The zero-order valence-corrected chi connectivity index (χ0v) is 16.2. The Balaban J connectivity index is 0.00000400. The smallest absolute Gasteiger partial charge is 0.305 e. The van der Waals surface area contributed by atoms with E-state index in [2.05, 4.69) is 27.3 Å². The molecule has 0 amide bonds. The third kappa shape index (κ3) is 10.2. The molecule has 7 heteroatoms. The van der Waals surface area contributed by atoms with Gasteiger partial charge in [-0.1, -0.05) is 0 Å². The number of unbranched alkanes of at least 4 members (excludes halogenated alkanes) is 1. The highest BCUT2D eigenvalue weighted by molar-refractivity contribution is 14.0. The molecule has 0 radical (unpaired) electrons. The minimum absolute atomic E-state index is 0. The van der Waals surface area contributed by atoms with E-state index in [-0.39, 0.29) is 29.9 Å². The molecule has 1 aliphatic heterocycles. The Morgan fingerprint density at radius 1 is 1.38 bits per heavy atom. The number of ether oxygens (including phenoxy) is 1. The second-order valence-corrected chi connectivity index (χ2v) is 6.22. The highest BCUT2D eigenvalue weighted by Gasteiger charge is 2.14. The number of rotatable bonds is 8. The van der Waals surface area contributed by atoms with Crippen molar-refractivity contribution in [3.63, 3.8) is 0 Å². The van der Waals surface area contributed by atoms with Crippen LogP contribution in [0.1, 0.15) is 39.0 Å². The lowest BCUT2D eigenvalue weighted by atomic mass is 10.2. The molecular formula is C14H28IN3O2S. The van der Waals surface area contributed by atoms with Gasteiger partial charge in [-0.25, -0.2) is 0 Å². The molecule has 1 saturated heterocycles. The highest BCUT2D eigenvalue weighted by Crippen LogP contribution is 2.25. The van der Waals surface area contributed by atoms with E-state index in [1.54, 1.807) is 0 Å². The van der Waals surface area contributed by atoms with Crippen molar-refractivity contribution in [2.45, 2.75) is 44.3 Å². The molecular weight excluding hydrogens is 401 g/mol. The van der Waals surface area contributed by atoms with Crippen molar-refractivity contribution >= 4 is 47.7 Å². The van der Waals surface area contributed by atoms with Gasteiger partial charge in [-0.2, -0.15) is 11.8 Å². The van der Waals surface area contributed by atoms with Gasteiger partial charge in [-0.05, 0) is 38.4 Å². The molecule has 1 rings (SSSR count). The summed E-state index contributed by atoms with van der Waals surface area (Å²) in [4.78, 5) is 15.6. The van der Waals surface area contributed by atoms with Crippen molar-refractivity contribution in [2.75, 3.05) is 32.5 Å². The van der Waals surface area contributed by atoms with Gasteiger partial charge in [-0.3, -0.25) is 9.79 Å². The summed E-state index contributed by atoms with van der Waals surface area (Å²) < 4.78 is 4.61. The number of methoxy groups -OCH3 is 1. The minimum atomic E-state index is -0.135. The monoisotopic (exact) mass is 429 g/mol. The standard InChI is InChI=1S/C14H27N3O2S.HI/c1-3-15-14(17-11-12-7-6-10-20-12)16-9-5-4-8-13(18)19-2;/h12H,3-11H2,1-2H3,(H2,15,16,17);1H. The Hall–Kier alpha value is -0.180. The van der Waals surface area contributed by atoms with Crippen molar-refractivity contribution in [1.82, 2.24) is 10.6 Å². The van der Waals surface area contributed by atoms with Crippen LogP contribution < -0.4 is 10.6 Å². The molecule has 1 heterocycles. The molecule has 2 N–H and O–H groups in total. The van der Waals surface area contributed by atoms with Gasteiger partial charge in [0.05, 0.1) is 13.7 Å². The van der Waals surface area contributed by atoms with E-state index >= 15 is 0 Å². The van der Waals surface area contributed by atoms with Crippen LogP contribution in [0.5, 0.6) is 0 Å². The van der Waals surface area contributed by atoms with E-state index in [0.29, 0.717) is 11.7 Å². The maximum Gasteiger partial charge on any atom is 0.305 e. The molecule has 1 fully saturated rings. The number of hydrogen-bond donors (Lipinski definition) is 2. The lowest BCUT2D eigenvalue weighted by molar-refractivity contribution is -0.140. The predicted molar refractivity (Wildman–Crippen MR) is 101 cm³/mol. The summed E-state index contributed by atoms with van der Waals surface area (Å²) in [6.07, 6.45) is 4.88. The lowest BCUT2D eigenvalue weighted by Crippen LogP contribution is -2.38. The SMILES string of the molecule is CCNC(=NCC1CCCS1)NCCCCC(=O)OC.I. The average Bonchev–Trinajstić information content (AvgIpc) is 2.97. The first-order chi connectivity index (χ1) is 9.76. The van der Waals surface area contributed by atoms with E-state index in [9.17, 15) is 4.79 Å². The maximum atomic E-state index is 11.0. The Morgan fingerprint density at radius 3 is 2.81 bits per heavy atom. The van der Waals surface area contributed by atoms with Gasteiger partial charge in [-0.15, -0.1) is 24.0 Å². The first-order valence-corrected chi connectivity index (χ1v) is 8.51. The van der Waals surface area contributed by atoms with Crippen LogP contribution in [0, 0.1) is 0 Å². The third-order valence-corrected chi connectivity index (χ3v) is 4.53. The van der Waals surface area contributed by atoms with Gasteiger partial charge < -0.3 is 15.4 Å². The number of hydrogen-bond acceptors (Lipinski definition) is 4. The summed E-state index contributed by atoms with van der Waals surface area (Å²) in [5.41, 5.74) is 0. The van der Waals surface area contributed by atoms with Gasteiger partial charge in [0, 0.05) is 24.8 Å². The number of halogens is 1. The Labute approximate surface area is 149 Å². The second kappa shape index (κ2) is 13.5. The van der Waals surface area contributed by atoms with Gasteiger partial charge in [0.1, 0.15) is 0 Å². The number of thioether (sulfide) groups is 1. The summed E-state index contributed by atoms with van der Waals surface area (Å²) in [5, 5.41) is 7.25. The van der Waals surface area contributed by atoms with Crippen LogP contribution in [0.3, 0.4) is 0 Å². The molecule has 0 aromatic rings. The van der Waals surface area contributed by atoms with E-state index in [4.69, 9.17) is 0 Å². The van der Waals surface area contributed by atoms with Crippen LogP contribution in [0.25, 0.3) is 0 Å². The molecule has 21 heavy (non-hydrogen) atoms. The molecule has 0 aromatic heterocycles. The normalized spacial score (nSPS) is 18.0. The molecule has 1 aliphatic rings. The lowest BCUT2D eigenvalue weighted by Gasteiger charge is -2.12. The van der Waals surface area contributed by atoms with Crippen LogP contribution in [0.2, 0.25) is 0 Å². The number of nitrogens with zero attached hydrogens (tertiary/aromatic N) is 1. The van der Waals surface area contributed by atoms with E-state index in [1.807, 2.05) is 11.8 Å². The Kier molecular flexibility index (Phi) is 13.4. The van der Waals surface area contributed by atoms with Crippen LogP contribution in [-0.4, -0.2) is 49.7 Å². The first-order valence-electron chi connectivity index (χ1n) is 7.46. The number of carbonyl (C=O) groups is 1. The second-order valence-electron chi connectivity index (χ2n) is 4.81. The summed E-state index contributed by atoms with van der Waals surface area (Å²) in [7, 11) is 1.43. The van der Waals surface area contributed by atoms with Gasteiger partial charge in [0.2, 0.25) is 0 Å². The van der Waals surface area contributed by atoms with E-state index in [1.165, 1.54) is 25.7 Å². The summed E-state index contributed by atoms with van der Waals surface area (Å²) >= 11 is 2.03. The third-order valence-electron chi connectivity index (χ3n) is 3.15. The number of nitrogens with one attached hydrogen (secondary N) is 2. The molecule has 1 atom stereocenters. The van der Waals surface area contributed by atoms with Crippen molar-refractivity contribution in [2.24, 2.45) is 4.99 Å². The molecule has 5 nitrogen and oxygen atoms in total. The Bertz CT molecular complexity index is 311. The molecule has 0 bridgehead atoms. The predicted octanol–water partition coefficient (Wildman–Crippen LogP) is 2.40. The molecule has 0 spiro atoms. The molecule has 0 aliphatic carbocycles. The molecule has 1 unspecified atom stereocenters. The maximum absolute atomic E-state index is 11.0. The van der Waals surface area contributed by atoms with Gasteiger partial charge >= 0.3 is 5.97 Å². The zero-order valence-electron chi connectivity index (χ0n) is 13.0. The largest absolute Gasteiger partial charge is 0.469 e. The van der Waals surface area contributed by atoms with Crippen molar-refractivity contribution in [1.29, 1.82) is 0 Å². The highest BCUT2D eigenvalue weighted by atomic mass is 127. The molecule has 0 aromatic carbocycles. The average molecular weight is 429 g/mol. The summed E-state index contributed by atoms with van der Waals surface area (Å²) in [5.74, 6) is 2.03. The number of carbonyl (C=O) groups excluding carboxylic acids is 1. The number of esters is 1. The Morgan fingerprint density at radius 2 is 2.19 bits per heavy atom. The number of aliphatic imine (C=N–C) groups is 1. The molecule has 0 saturated carbocycles. The summed E-state index contributed by atoms with van der Waals surface area (Å²) in [6.45, 7) is 4.66. The van der Waals surface area contributed by atoms with E-state index in [0.717, 1.165) is 38.4 Å². The minimum Gasteiger partial charge on any atom is -0.469 e. The van der Waals surface area contributed by atoms with Crippen molar-refractivity contribution in [3.8, 4) is 0 Å². The van der Waals surface area contributed by atoms with Crippen LogP contribution >= 0.6 is 35.7 Å².